The summed E-state index contributed by atoms with van der Waals surface area (Å²) in [4.78, 5) is 0. The van der Waals surface area contributed by atoms with Crippen molar-refractivity contribution in [3.8, 4) is 0 Å². The second-order valence-corrected chi connectivity index (χ2v) is 7.24. The highest BCUT2D eigenvalue weighted by Gasteiger charge is 2.58. The predicted molar refractivity (Wildman–Crippen MR) is 106 cm³/mol. The first-order valence-corrected chi connectivity index (χ1v) is 9.51. The van der Waals surface area contributed by atoms with Gasteiger partial charge in [0.15, 0.2) is 0 Å². The molecule has 140 valence electrons. The lowest BCUT2D eigenvalue weighted by Gasteiger charge is -2.43. The molecule has 2 aromatic rings. The summed E-state index contributed by atoms with van der Waals surface area (Å²) in [6.07, 6.45) is 5.19. The quantitative estimate of drug-likeness (QED) is 0.452. The molecule has 4 atom stereocenters. The third-order valence-corrected chi connectivity index (χ3v) is 5.49. The van der Waals surface area contributed by atoms with Crippen molar-refractivity contribution in [1.29, 1.82) is 0 Å². The zero-order valence-corrected chi connectivity index (χ0v) is 15.6. The molecule has 0 N–H and O–H groups in total. The highest BCUT2D eigenvalue weighted by Crippen LogP contribution is 2.51. The summed E-state index contributed by atoms with van der Waals surface area (Å²) < 4.78 is 18.7. The van der Waals surface area contributed by atoms with Gasteiger partial charge in [-0.2, -0.15) is 0 Å². The zero-order chi connectivity index (χ0) is 18.7. The Bertz CT molecular complexity index is 712. The molecule has 0 aromatic heterocycles. The summed E-state index contributed by atoms with van der Waals surface area (Å²) in [5, 5.41) is 0. The van der Waals surface area contributed by atoms with E-state index in [-0.39, 0.29) is 12.2 Å². The molecular weight excluding hydrogens is 336 g/mol. The number of epoxide rings is 2. The lowest BCUT2D eigenvalue weighted by atomic mass is 9.81. The number of rotatable bonds is 10. The fourth-order valence-electron chi connectivity index (χ4n) is 4.03. The summed E-state index contributed by atoms with van der Waals surface area (Å²) in [6, 6.07) is 20.7. The van der Waals surface area contributed by atoms with Crippen molar-refractivity contribution in [2.45, 2.75) is 36.3 Å². The van der Waals surface area contributed by atoms with Gasteiger partial charge in [0.2, 0.25) is 0 Å². The molecule has 0 aliphatic carbocycles. The van der Waals surface area contributed by atoms with Crippen LogP contribution in [-0.2, 0) is 25.4 Å². The largest absolute Gasteiger partial charge is 0.370 e. The Morgan fingerprint density at radius 3 is 1.44 bits per heavy atom. The van der Waals surface area contributed by atoms with Crippen LogP contribution in [0.2, 0.25) is 0 Å². The average molecular weight is 362 g/mol. The van der Waals surface area contributed by atoms with E-state index in [4.69, 9.17) is 14.2 Å². The van der Waals surface area contributed by atoms with E-state index in [1.807, 2.05) is 48.6 Å². The van der Waals surface area contributed by atoms with Crippen LogP contribution in [-0.4, -0.2) is 25.4 Å². The summed E-state index contributed by atoms with van der Waals surface area (Å²) in [5.41, 5.74) is 1.01. The first-order chi connectivity index (χ1) is 13.2. The van der Waals surface area contributed by atoms with Gasteiger partial charge in [-0.25, -0.2) is 0 Å². The monoisotopic (exact) mass is 362 g/mol. The van der Waals surface area contributed by atoms with Gasteiger partial charge in [-0.3, -0.25) is 0 Å². The van der Waals surface area contributed by atoms with Gasteiger partial charge < -0.3 is 14.2 Å². The molecule has 3 nitrogen and oxygen atoms in total. The minimum absolute atomic E-state index is 0.00422. The molecule has 0 radical (unpaired) electrons. The van der Waals surface area contributed by atoms with Gasteiger partial charge in [0, 0.05) is 12.8 Å². The lowest BCUT2D eigenvalue weighted by molar-refractivity contribution is -0.186. The first-order valence-electron chi connectivity index (χ1n) is 9.51. The molecule has 0 amide bonds. The Morgan fingerprint density at radius 2 is 1.15 bits per heavy atom. The Hall–Kier alpha value is -2.20. The van der Waals surface area contributed by atoms with Gasteiger partial charge in [-0.1, -0.05) is 72.8 Å². The molecule has 4 rings (SSSR count). The molecular formula is C24H26O3. The van der Waals surface area contributed by atoms with E-state index in [9.17, 15) is 0 Å². The van der Waals surface area contributed by atoms with Crippen LogP contribution in [0, 0.1) is 0 Å². The van der Waals surface area contributed by atoms with Gasteiger partial charge in [0.1, 0.15) is 23.4 Å². The van der Waals surface area contributed by atoms with E-state index < -0.39 is 11.2 Å². The molecule has 2 fully saturated rings. The van der Waals surface area contributed by atoms with Crippen LogP contribution < -0.4 is 0 Å². The molecule has 4 unspecified atom stereocenters. The van der Waals surface area contributed by atoms with Crippen LogP contribution in [0.25, 0.3) is 0 Å². The topological polar surface area (TPSA) is 34.3 Å². The number of ether oxygens (including phenoxy) is 3. The molecule has 3 heteroatoms. The molecule has 2 aliphatic rings. The summed E-state index contributed by atoms with van der Waals surface area (Å²) >= 11 is 0. The van der Waals surface area contributed by atoms with E-state index in [1.54, 1.807) is 0 Å². The fraction of sp³-hybridized carbons (Fsp3) is 0.333. The smallest absolute Gasteiger partial charge is 0.126 e. The van der Waals surface area contributed by atoms with Crippen molar-refractivity contribution in [2.24, 2.45) is 0 Å². The van der Waals surface area contributed by atoms with Gasteiger partial charge in [0.25, 0.3) is 0 Å². The van der Waals surface area contributed by atoms with Gasteiger partial charge in [0.05, 0.1) is 13.2 Å². The standard InChI is InChI=1S/C24H26O3/c1-3-15-23(21-17-25-21,19-11-7-5-8-12-19)27-24(16-4-2,22-18-26-22)20-13-9-6-10-14-20/h3-14,21-22H,1-2,15-18H2. The van der Waals surface area contributed by atoms with Crippen LogP contribution in [0.15, 0.2) is 86.0 Å². The molecule has 2 saturated heterocycles. The summed E-state index contributed by atoms with van der Waals surface area (Å²) in [7, 11) is 0. The van der Waals surface area contributed by atoms with Gasteiger partial charge >= 0.3 is 0 Å². The summed E-state index contributed by atoms with van der Waals surface area (Å²) in [6.45, 7) is 9.38. The van der Waals surface area contributed by atoms with Gasteiger partial charge in [-0.05, 0) is 11.1 Å². The first kappa shape index (κ1) is 18.2. The molecule has 2 heterocycles. The maximum absolute atomic E-state index is 7.13. The Morgan fingerprint density at radius 1 is 0.778 bits per heavy atom. The zero-order valence-electron chi connectivity index (χ0n) is 15.6. The maximum atomic E-state index is 7.13. The predicted octanol–water partition coefficient (Wildman–Crippen LogP) is 4.74. The van der Waals surface area contributed by atoms with Crippen molar-refractivity contribution in [3.63, 3.8) is 0 Å². The number of benzene rings is 2. The highest BCUT2D eigenvalue weighted by atomic mass is 16.6. The number of hydrogen-bond acceptors (Lipinski definition) is 3. The highest BCUT2D eigenvalue weighted by molar-refractivity contribution is 5.32. The van der Waals surface area contributed by atoms with E-state index in [1.165, 1.54) is 0 Å². The average Bonchev–Trinajstić information content (AvgIpc) is 3.60. The van der Waals surface area contributed by atoms with E-state index >= 15 is 0 Å². The van der Waals surface area contributed by atoms with Gasteiger partial charge in [-0.15, -0.1) is 13.2 Å². The fourth-order valence-corrected chi connectivity index (χ4v) is 4.03. The van der Waals surface area contributed by atoms with Crippen molar-refractivity contribution in [3.05, 3.63) is 97.1 Å². The van der Waals surface area contributed by atoms with Crippen LogP contribution in [0.5, 0.6) is 0 Å². The van der Waals surface area contributed by atoms with Crippen molar-refractivity contribution < 1.29 is 14.2 Å². The SMILES string of the molecule is C=CCC(OC(CC=C)(c1ccccc1)C1CO1)(c1ccccc1)C1CO1. The molecule has 0 bridgehead atoms. The molecule has 27 heavy (non-hydrogen) atoms. The Balaban J connectivity index is 1.83. The minimum Gasteiger partial charge on any atom is -0.370 e. The maximum Gasteiger partial charge on any atom is 0.126 e. The van der Waals surface area contributed by atoms with E-state index in [0.29, 0.717) is 26.1 Å². The third-order valence-electron chi connectivity index (χ3n) is 5.49. The second-order valence-electron chi connectivity index (χ2n) is 7.24. The third kappa shape index (κ3) is 3.39. The number of hydrogen-bond donors (Lipinski definition) is 0. The van der Waals surface area contributed by atoms with Crippen LogP contribution >= 0.6 is 0 Å². The van der Waals surface area contributed by atoms with Crippen molar-refractivity contribution in [1.82, 2.24) is 0 Å². The van der Waals surface area contributed by atoms with E-state index in [2.05, 4.69) is 37.4 Å². The van der Waals surface area contributed by atoms with Crippen molar-refractivity contribution in [2.75, 3.05) is 13.2 Å². The Kier molecular flexibility index (Phi) is 5.00. The van der Waals surface area contributed by atoms with E-state index in [0.717, 1.165) is 11.1 Å². The van der Waals surface area contributed by atoms with Crippen molar-refractivity contribution >= 4 is 0 Å². The molecule has 2 aliphatic heterocycles. The lowest BCUT2D eigenvalue weighted by Crippen LogP contribution is -2.47. The second kappa shape index (κ2) is 7.43. The molecule has 2 aromatic carbocycles. The molecule has 0 spiro atoms. The van der Waals surface area contributed by atoms with Crippen LogP contribution in [0.3, 0.4) is 0 Å². The normalized spacial score (nSPS) is 25.0. The van der Waals surface area contributed by atoms with Crippen LogP contribution in [0.1, 0.15) is 24.0 Å². The Labute approximate surface area is 161 Å². The minimum atomic E-state index is -0.603. The summed E-state index contributed by atoms with van der Waals surface area (Å²) in [5.74, 6) is 0. The van der Waals surface area contributed by atoms with Crippen LogP contribution in [0.4, 0.5) is 0 Å². The molecule has 0 saturated carbocycles.